The molecule has 1 heterocycles. The topological polar surface area (TPSA) is 35.6 Å². The van der Waals surface area contributed by atoms with Crippen LogP contribution in [0.2, 0.25) is 0 Å². The Morgan fingerprint density at radius 2 is 1.79 bits per heavy atom. The van der Waals surface area contributed by atoms with Gasteiger partial charge in [-0.15, -0.1) is 0 Å². The van der Waals surface area contributed by atoms with E-state index in [-0.39, 0.29) is 6.03 Å². The lowest BCUT2D eigenvalue weighted by molar-refractivity contribution is 0.0598. The van der Waals surface area contributed by atoms with Gasteiger partial charge in [0.15, 0.2) is 0 Å². The summed E-state index contributed by atoms with van der Waals surface area (Å²) in [4.78, 5) is 16.9. The first-order valence-electron chi connectivity index (χ1n) is 7.93. The van der Waals surface area contributed by atoms with Crippen LogP contribution in [0.15, 0.2) is 0 Å². The van der Waals surface area contributed by atoms with Crippen LogP contribution in [0, 0.1) is 0 Å². The van der Waals surface area contributed by atoms with Gasteiger partial charge in [-0.2, -0.15) is 0 Å². The Kier molecular flexibility index (Phi) is 5.08. The molecule has 1 aliphatic carbocycles. The molecule has 4 nitrogen and oxygen atoms in total. The van der Waals surface area contributed by atoms with Crippen molar-refractivity contribution in [1.29, 1.82) is 0 Å². The fraction of sp³-hybridized carbons (Fsp3) is 0.933. The van der Waals surface area contributed by atoms with Crippen LogP contribution >= 0.6 is 0 Å². The fourth-order valence-corrected chi connectivity index (χ4v) is 3.16. The third-order valence-electron chi connectivity index (χ3n) is 4.30. The molecule has 2 atom stereocenters. The molecule has 0 bridgehead atoms. The molecule has 2 rings (SSSR count). The number of unbranched alkanes of at least 4 members (excludes halogenated alkanes) is 2. The number of nitrogens with one attached hydrogen (secondary N) is 1. The molecule has 2 amide bonds. The van der Waals surface area contributed by atoms with E-state index in [9.17, 15) is 4.79 Å². The second-order valence-electron chi connectivity index (χ2n) is 6.23. The largest absolute Gasteiger partial charge is 0.338 e. The summed E-state index contributed by atoms with van der Waals surface area (Å²) in [6, 6.07) is 1.59. The van der Waals surface area contributed by atoms with Crippen LogP contribution in [0.4, 0.5) is 4.79 Å². The molecule has 4 heteroatoms. The molecule has 1 saturated carbocycles. The zero-order valence-corrected chi connectivity index (χ0v) is 12.7. The van der Waals surface area contributed by atoms with E-state index in [4.69, 9.17) is 0 Å². The molecule has 2 fully saturated rings. The molecule has 0 aromatic heterocycles. The molecule has 0 aromatic carbocycles. The van der Waals surface area contributed by atoms with Crippen molar-refractivity contribution in [3.8, 4) is 0 Å². The zero-order chi connectivity index (χ0) is 13.8. The van der Waals surface area contributed by atoms with E-state index in [2.05, 4.69) is 31.0 Å². The second kappa shape index (κ2) is 6.60. The van der Waals surface area contributed by atoms with Crippen LogP contribution in [0.25, 0.3) is 0 Å². The van der Waals surface area contributed by atoms with Crippen LogP contribution in [0.3, 0.4) is 0 Å². The van der Waals surface area contributed by atoms with Crippen molar-refractivity contribution in [3.63, 3.8) is 0 Å². The van der Waals surface area contributed by atoms with E-state index in [1.807, 2.05) is 4.90 Å². The molecular formula is C15H29N3O. The lowest BCUT2D eigenvalue weighted by Gasteiger charge is -2.44. The maximum atomic E-state index is 12.3. The quantitative estimate of drug-likeness (QED) is 0.777. The summed E-state index contributed by atoms with van der Waals surface area (Å²) < 4.78 is 0. The summed E-state index contributed by atoms with van der Waals surface area (Å²) in [6.07, 6.45) is 6.18. The minimum Gasteiger partial charge on any atom is -0.338 e. The number of hydrogen-bond donors (Lipinski definition) is 1. The third-order valence-corrected chi connectivity index (χ3v) is 4.30. The van der Waals surface area contributed by atoms with Crippen LogP contribution in [0.1, 0.15) is 52.9 Å². The Labute approximate surface area is 117 Å². The van der Waals surface area contributed by atoms with E-state index in [1.165, 1.54) is 25.7 Å². The van der Waals surface area contributed by atoms with Crippen LogP contribution in [0.5, 0.6) is 0 Å². The predicted molar refractivity (Wildman–Crippen MR) is 78.3 cm³/mol. The SMILES string of the molecule is CCCCCNC(=O)N1[C@H](C)CN(C2CC2)C[C@@H]1C. The summed E-state index contributed by atoms with van der Waals surface area (Å²) in [5.41, 5.74) is 0. The fourth-order valence-electron chi connectivity index (χ4n) is 3.16. The predicted octanol–water partition coefficient (Wildman–Crippen LogP) is 2.44. The van der Waals surface area contributed by atoms with Gasteiger partial charge in [0, 0.05) is 37.8 Å². The van der Waals surface area contributed by atoms with Gasteiger partial charge in [0.25, 0.3) is 0 Å². The maximum absolute atomic E-state index is 12.3. The number of nitrogens with zero attached hydrogens (tertiary/aromatic N) is 2. The lowest BCUT2D eigenvalue weighted by atomic mass is 10.1. The Bertz CT molecular complexity index is 292. The lowest BCUT2D eigenvalue weighted by Crippen LogP contribution is -2.61. The van der Waals surface area contributed by atoms with Crippen LogP contribution < -0.4 is 5.32 Å². The Hall–Kier alpha value is -0.770. The highest BCUT2D eigenvalue weighted by molar-refractivity contribution is 5.75. The van der Waals surface area contributed by atoms with Crippen molar-refractivity contribution in [2.24, 2.45) is 0 Å². The highest BCUT2D eigenvalue weighted by atomic mass is 16.2. The van der Waals surface area contributed by atoms with E-state index >= 15 is 0 Å². The molecule has 110 valence electrons. The average Bonchev–Trinajstić information content (AvgIpc) is 3.18. The van der Waals surface area contributed by atoms with Crippen molar-refractivity contribution >= 4 is 6.03 Å². The van der Waals surface area contributed by atoms with Gasteiger partial charge in [-0.3, -0.25) is 4.90 Å². The highest BCUT2D eigenvalue weighted by Crippen LogP contribution is 2.30. The number of urea groups is 1. The van der Waals surface area contributed by atoms with Gasteiger partial charge in [0.2, 0.25) is 0 Å². The van der Waals surface area contributed by atoms with Crippen molar-refractivity contribution < 1.29 is 4.79 Å². The summed E-state index contributed by atoms with van der Waals surface area (Å²) in [7, 11) is 0. The summed E-state index contributed by atoms with van der Waals surface area (Å²) in [5, 5.41) is 3.08. The van der Waals surface area contributed by atoms with Gasteiger partial charge in [-0.05, 0) is 33.1 Å². The highest BCUT2D eigenvalue weighted by Gasteiger charge is 2.38. The van der Waals surface area contributed by atoms with E-state index in [0.29, 0.717) is 12.1 Å². The Balaban J connectivity index is 1.79. The van der Waals surface area contributed by atoms with E-state index in [1.54, 1.807) is 0 Å². The monoisotopic (exact) mass is 267 g/mol. The summed E-state index contributed by atoms with van der Waals surface area (Å²) >= 11 is 0. The summed E-state index contributed by atoms with van der Waals surface area (Å²) in [6.45, 7) is 9.43. The number of hydrogen-bond acceptors (Lipinski definition) is 2. The van der Waals surface area contributed by atoms with Gasteiger partial charge in [-0.25, -0.2) is 4.79 Å². The van der Waals surface area contributed by atoms with Gasteiger partial charge in [-0.1, -0.05) is 19.8 Å². The minimum atomic E-state index is 0.131. The number of rotatable bonds is 5. The van der Waals surface area contributed by atoms with E-state index < -0.39 is 0 Å². The first-order chi connectivity index (χ1) is 9.13. The molecule has 2 aliphatic rings. The molecule has 1 saturated heterocycles. The molecule has 0 radical (unpaired) electrons. The smallest absolute Gasteiger partial charge is 0.317 e. The molecule has 1 aliphatic heterocycles. The molecule has 0 unspecified atom stereocenters. The number of carbonyl (C=O) groups excluding carboxylic acids is 1. The van der Waals surface area contributed by atoms with Gasteiger partial charge in [0.1, 0.15) is 0 Å². The number of piperazine rings is 1. The van der Waals surface area contributed by atoms with Crippen LogP contribution in [-0.2, 0) is 0 Å². The van der Waals surface area contributed by atoms with Crippen molar-refractivity contribution in [1.82, 2.24) is 15.1 Å². The average molecular weight is 267 g/mol. The first-order valence-corrected chi connectivity index (χ1v) is 7.93. The first kappa shape index (κ1) is 14.6. The van der Waals surface area contributed by atoms with E-state index in [0.717, 1.165) is 32.1 Å². The Morgan fingerprint density at radius 1 is 1.16 bits per heavy atom. The molecule has 19 heavy (non-hydrogen) atoms. The number of carbonyl (C=O) groups is 1. The standard InChI is InChI=1S/C15H29N3O/c1-4-5-6-9-16-15(19)18-12(2)10-17(11-13(18)3)14-7-8-14/h12-14H,4-11H2,1-3H3,(H,16,19)/t12-,13+. The van der Waals surface area contributed by atoms with Crippen molar-refractivity contribution in [2.45, 2.75) is 71.0 Å². The van der Waals surface area contributed by atoms with Crippen molar-refractivity contribution in [3.05, 3.63) is 0 Å². The molecule has 0 aromatic rings. The zero-order valence-electron chi connectivity index (χ0n) is 12.7. The molecule has 0 spiro atoms. The van der Waals surface area contributed by atoms with Gasteiger partial charge >= 0.3 is 6.03 Å². The normalized spacial score (nSPS) is 28.5. The van der Waals surface area contributed by atoms with Crippen molar-refractivity contribution in [2.75, 3.05) is 19.6 Å². The summed E-state index contributed by atoms with van der Waals surface area (Å²) in [5.74, 6) is 0. The second-order valence-corrected chi connectivity index (χ2v) is 6.23. The number of amides is 2. The third kappa shape index (κ3) is 3.85. The molecule has 1 N–H and O–H groups in total. The van der Waals surface area contributed by atoms with Gasteiger partial charge in [0.05, 0.1) is 0 Å². The minimum absolute atomic E-state index is 0.131. The Morgan fingerprint density at radius 3 is 2.32 bits per heavy atom. The van der Waals surface area contributed by atoms with Gasteiger partial charge < -0.3 is 10.2 Å². The maximum Gasteiger partial charge on any atom is 0.317 e. The molecular weight excluding hydrogens is 238 g/mol. The van der Waals surface area contributed by atoms with Crippen LogP contribution in [-0.4, -0.2) is 53.6 Å².